The standard InChI is InChI=1S/C45H34N2O7/c1-2-3-4-5-6-7-8-9-10-11-12-13-14-15-16-17-18-19-20-21-22-23-27-34-41(49)47-39(38(46)33-29-28-32-37-30-25-24-26-31-37)36-53-45-44(52)43(51)42(50)40(35-48)54-45/h24-26,30-31,38-40,42-45,48,50-52H,28-29,32-33,35-36,46H2,1H3,(H,47,49)/t38-,39+,40?,42+,43+,44?,45-/m1/s1. The molecule has 9 heteroatoms. The van der Waals surface area contributed by atoms with Gasteiger partial charge in [-0.1, -0.05) is 42.7 Å². The van der Waals surface area contributed by atoms with E-state index in [9.17, 15) is 25.2 Å². The molecule has 0 spiro atoms. The van der Waals surface area contributed by atoms with Gasteiger partial charge in [-0.15, -0.1) is 0 Å². The van der Waals surface area contributed by atoms with Crippen LogP contribution in [0.2, 0.25) is 0 Å². The van der Waals surface area contributed by atoms with E-state index in [2.05, 4.69) is 147 Å². The highest BCUT2D eigenvalue weighted by molar-refractivity contribution is 5.94. The summed E-state index contributed by atoms with van der Waals surface area (Å²) in [6.45, 7) is 0.847. The number of unbranched alkanes of at least 4 members (excludes halogenated alkanes) is 1. The van der Waals surface area contributed by atoms with Gasteiger partial charge in [0.25, 0.3) is 5.91 Å². The Kier molecular flexibility index (Phi) is 22.3. The van der Waals surface area contributed by atoms with Crippen molar-refractivity contribution in [3.63, 3.8) is 0 Å². The second-order valence-electron chi connectivity index (χ2n) is 10.6. The normalized spacial score (nSPS) is 17.7. The van der Waals surface area contributed by atoms with Crippen molar-refractivity contribution < 1.29 is 34.7 Å². The van der Waals surface area contributed by atoms with E-state index in [1.807, 2.05) is 30.3 Å². The maximum atomic E-state index is 12.6. The lowest BCUT2D eigenvalue weighted by Gasteiger charge is -2.40. The molecule has 2 rings (SSSR count). The van der Waals surface area contributed by atoms with Crippen LogP contribution in [0.5, 0.6) is 0 Å². The molecule has 0 bridgehead atoms. The molecular formula is C45H34N2O7. The summed E-state index contributed by atoms with van der Waals surface area (Å²) < 4.78 is 11.1. The molecule has 0 aromatic heterocycles. The van der Waals surface area contributed by atoms with E-state index in [-0.39, 0.29) is 6.61 Å². The number of rotatable bonds is 11. The zero-order valence-electron chi connectivity index (χ0n) is 29.3. The fourth-order valence-corrected chi connectivity index (χ4v) is 4.21. The zero-order valence-corrected chi connectivity index (χ0v) is 29.3. The van der Waals surface area contributed by atoms with Gasteiger partial charge < -0.3 is 41.0 Å². The van der Waals surface area contributed by atoms with Crippen LogP contribution in [0.25, 0.3) is 0 Å². The highest BCUT2D eigenvalue weighted by Crippen LogP contribution is 2.22. The van der Waals surface area contributed by atoms with Crippen molar-refractivity contribution in [2.75, 3.05) is 13.2 Å². The maximum Gasteiger partial charge on any atom is 0.297 e. The quantitative estimate of drug-likeness (QED) is 0.127. The minimum absolute atomic E-state index is 0.220. The molecule has 1 aromatic rings. The first-order chi connectivity index (χ1) is 26.4. The minimum atomic E-state index is -1.62. The first-order valence-corrected chi connectivity index (χ1v) is 16.3. The monoisotopic (exact) mass is 714 g/mol. The SMILES string of the molecule is CC#CC#CC#CC#CC#CC#CC#CC#CC#CC#CC#CC#CC(=O)N[C@@H](CO[C@@H]1OC(CO)[C@H](O)[C@H](O)C1O)[C@H](N)CCCCc1ccccc1. The molecule has 266 valence electrons. The summed E-state index contributed by atoms with van der Waals surface area (Å²) in [5.74, 6) is 59.0. The van der Waals surface area contributed by atoms with Gasteiger partial charge in [-0.25, -0.2) is 0 Å². The van der Waals surface area contributed by atoms with Gasteiger partial charge in [0.2, 0.25) is 0 Å². The highest BCUT2D eigenvalue weighted by Gasteiger charge is 2.44. The van der Waals surface area contributed by atoms with Crippen molar-refractivity contribution in [2.24, 2.45) is 5.73 Å². The van der Waals surface area contributed by atoms with Gasteiger partial charge in [0.1, 0.15) is 24.4 Å². The second-order valence-corrected chi connectivity index (χ2v) is 10.6. The summed E-state index contributed by atoms with van der Waals surface area (Å²) in [4.78, 5) is 12.6. The number of carbonyl (C=O) groups is 1. The number of ether oxygens (including phenoxy) is 2. The number of aryl methyl sites for hydroxylation is 1. The number of benzene rings is 1. The Morgan fingerprint density at radius 3 is 1.69 bits per heavy atom. The van der Waals surface area contributed by atoms with Crippen LogP contribution in [0.1, 0.15) is 31.7 Å². The lowest BCUT2D eigenvalue weighted by Crippen LogP contribution is -2.60. The molecule has 1 aromatic carbocycles. The summed E-state index contributed by atoms with van der Waals surface area (Å²) in [5.41, 5.74) is 7.64. The molecule has 1 heterocycles. The smallest absolute Gasteiger partial charge is 0.297 e. The largest absolute Gasteiger partial charge is 0.394 e. The Morgan fingerprint density at radius 1 is 0.722 bits per heavy atom. The average Bonchev–Trinajstić information content (AvgIpc) is 3.18. The van der Waals surface area contributed by atoms with E-state index in [0.29, 0.717) is 6.42 Å². The van der Waals surface area contributed by atoms with Gasteiger partial charge in [-0.3, -0.25) is 4.79 Å². The van der Waals surface area contributed by atoms with E-state index in [1.165, 1.54) is 5.56 Å². The summed E-state index contributed by atoms with van der Waals surface area (Å²) in [7, 11) is 0. The first-order valence-electron chi connectivity index (χ1n) is 16.3. The minimum Gasteiger partial charge on any atom is -0.394 e. The number of nitrogens with one attached hydrogen (secondary N) is 1. The van der Waals surface area contributed by atoms with Crippen molar-refractivity contribution in [1.82, 2.24) is 5.32 Å². The third-order valence-corrected chi connectivity index (χ3v) is 6.83. The molecule has 7 N–H and O–H groups in total. The van der Waals surface area contributed by atoms with Crippen molar-refractivity contribution >= 4 is 5.91 Å². The second kappa shape index (κ2) is 27.8. The first kappa shape index (κ1) is 43.3. The molecule has 1 aliphatic heterocycles. The molecule has 1 saturated heterocycles. The van der Waals surface area contributed by atoms with E-state index < -0.39 is 55.3 Å². The van der Waals surface area contributed by atoms with Crippen LogP contribution in [-0.4, -0.2) is 82.3 Å². The topological polar surface area (TPSA) is 155 Å². The maximum absolute atomic E-state index is 12.6. The van der Waals surface area contributed by atoms with Gasteiger partial charge in [0, 0.05) is 47.5 Å². The summed E-state index contributed by atoms with van der Waals surface area (Å²) in [6, 6.07) is 8.65. The third kappa shape index (κ3) is 18.9. The molecule has 1 amide bonds. The number of carbonyl (C=O) groups excluding carboxylic acids is 1. The number of nitrogens with two attached hydrogens (primary N) is 1. The summed E-state index contributed by atoms with van der Waals surface area (Å²) in [6.07, 6.45) is -4.29. The molecule has 54 heavy (non-hydrogen) atoms. The van der Waals surface area contributed by atoms with Crippen LogP contribution >= 0.6 is 0 Å². The number of aliphatic hydroxyl groups excluding tert-OH is 4. The Bertz CT molecular complexity index is 2230. The third-order valence-electron chi connectivity index (χ3n) is 6.83. The van der Waals surface area contributed by atoms with Crippen molar-refractivity contribution in [3.05, 3.63) is 35.9 Å². The number of hydrogen-bond acceptors (Lipinski definition) is 8. The van der Waals surface area contributed by atoms with Gasteiger partial charge in [-0.05, 0) is 126 Å². The molecule has 2 unspecified atom stereocenters. The van der Waals surface area contributed by atoms with Crippen molar-refractivity contribution in [1.29, 1.82) is 0 Å². The molecule has 0 radical (unpaired) electrons. The number of aliphatic hydroxyl groups is 4. The lowest BCUT2D eigenvalue weighted by atomic mass is 9.99. The Balaban J connectivity index is 1.92. The zero-order chi connectivity index (χ0) is 39.1. The van der Waals surface area contributed by atoms with Crippen molar-refractivity contribution in [3.8, 4) is 142 Å². The Morgan fingerprint density at radius 2 is 1.20 bits per heavy atom. The van der Waals surface area contributed by atoms with Gasteiger partial charge >= 0.3 is 0 Å². The van der Waals surface area contributed by atoms with Gasteiger partial charge in [0.15, 0.2) is 6.29 Å². The van der Waals surface area contributed by atoms with Crippen LogP contribution < -0.4 is 11.1 Å². The lowest BCUT2D eigenvalue weighted by molar-refractivity contribution is -0.302. The van der Waals surface area contributed by atoms with Crippen LogP contribution in [0.3, 0.4) is 0 Å². The predicted octanol–water partition coefficient (Wildman–Crippen LogP) is -0.911. The number of amides is 1. The Labute approximate surface area is 317 Å². The van der Waals surface area contributed by atoms with E-state index in [1.54, 1.807) is 6.92 Å². The van der Waals surface area contributed by atoms with Crippen LogP contribution in [0.15, 0.2) is 30.3 Å². The van der Waals surface area contributed by atoms with Gasteiger partial charge in [0.05, 0.1) is 19.3 Å². The Hall–Kier alpha value is -6.87. The molecule has 0 aliphatic carbocycles. The molecule has 9 nitrogen and oxygen atoms in total. The molecule has 7 atom stereocenters. The van der Waals surface area contributed by atoms with Crippen LogP contribution in [0.4, 0.5) is 0 Å². The van der Waals surface area contributed by atoms with Crippen LogP contribution in [0, 0.1) is 142 Å². The predicted molar refractivity (Wildman–Crippen MR) is 203 cm³/mol. The number of hydrogen-bond donors (Lipinski definition) is 6. The van der Waals surface area contributed by atoms with Crippen molar-refractivity contribution in [2.45, 2.75) is 75.4 Å². The van der Waals surface area contributed by atoms with Gasteiger partial charge in [-0.2, -0.15) is 0 Å². The molecule has 1 fully saturated rings. The fraction of sp³-hybridized carbons (Fsp3) is 0.311. The van der Waals surface area contributed by atoms with Crippen LogP contribution in [-0.2, 0) is 20.7 Å². The summed E-state index contributed by atoms with van der Waals surface area (Å²) >= 11 is 0. The molecule has 1 aliphatic rings. The average molecular weight is 715 g/mol. The van der Waals surface area contributed by atoms with E-state index in [4.69, 9.17) is 15.2 Å². The molecular weight excluding hydrogens is 681 g/mol. The summed E-state index contributed by atoms with van der Waals surface area (Å²) in [5, 5.41) is 42.6. The molecule has 0 saturated carbocycles. The van der Waals surface area contributed by atoms with E-state index >= 15 is 0 Å². The fourth-order valence-electron chi connectivity index (χ4n) is 4.21. The highest BCUT2D eigenvalue weighted by atomic mass is 16.7. The van der Waals surface area contributed by atoms with E-state index in [0.717, 1.165) is 19.3 Å².